The monoisotopic (exact) mass is 486 g/mol. The molecule has 0 amide bonds. The molecule has 0 spiro atoms. The van der Waals surface area contributed by atoms with Gasteiger partial charge in [0.25, 0.3) is 0 Å². The van der Waals surface area contributed by atoms with Gasteiger partial charge < -0.3 is 15.4 Å². The van der Waals surface area contributed by atoms with Crippen LogP contribution >= 0.6 is 0 Å². The van der Waals surface area contributed by atoms with Crippen molar-refractivity contribution in [1.29, 1.82) is 0 Å². The predicted molar refractivity (Wildman–Crippen MR) is 129 cm³/mol. The second-order valence-electron chi connectivity index (χ2n) is 7.53. The van der Waals surface area contributed by atoms with E-state index in [-0.39, 0.29) is 5.75 Å². The Morgan fingerprint density at radius 1 is 0.639 bits per heavy atom. The van der Waals surface area contributed by atoms with Crippen molar-refractivity contribution in [2.75, 3.05) is 10.6 Å². The van der Waals surface area contributed by atoms with Crippen molar-refractivity contribution in [1.82, 2.24) is 19.9 Å². The van der Waals surface area contributed by atoms with E-state index < -0.39 is 17.5 Å². The Balaban J connectivity index is 1.31. The third-order valence-electron chi connectivity index (χ3n) is 5.04. The standard InChI is InChI=1S/C26H17F3N6O/c27-20-5-3-17(10-21(20)28)34-25-12-26(33-15-32-25)35-18-4-6-24(22(29)11-18)36-23-7-9-31-14-19(23)16-2-1-8-30-13-16/h1-15H,(H2,32,33,34,35). The van der Waals surface area contributed by atoms with Crippen LogP contribution in [0.25, 0.3) is 11.1 Å². The molecule has 0 aliphatic rings. The first-order chi connectivity index (χ1) is 17.5. The third kappa shape index (κ3) is 5.22. The summed E-state index contributed by atoms with van der Waals surface area (Å²) in [6.07, 6.45) is 7.79. The van der Waals surface area contributed by atoms with Gasteiger partial charge in [-0.3, -0.25) is 9.97 Å². The van der Waals surface area contributed by atoms with E-state index in [1.54, 1.807) is 49.1 Å². The first-order valence-corrected chi connectivity index (χ1v) is 10.7. The lowest BCUT2D eigenvalue weighted by atomic mass is 10.1. The summed E-state index contributed by atoms with van der Waals surface area (Å²) in [5, 5.41) is 5.84. The average Bonchev–Trinajstić information content (AvgIpc) is 2.89. The second kappa shape index (κ2) is 10.1. The van der Waals surface area contributed by atoms with Crippen LogP contribution in [-0.4, -0.2) is 19.9 Å². The van der Waals surface area contributed by atoms with Gasteiger partial charge in [-0.25, -0.2) is 23.1 Å². The topological polar surface area (TPSA) is 84.9 Å². The number of rotatable bonds is 7. The van der Waals surface area contributed by atoms with Crippen LogP contribution in [0.4, 0.5) is 36.2 Å². The number of benzene rings is 2. The summed E-state index contributed by atoms with van der Waals surface area (Å²) in [5.41, 5.74) is 2.19. The van der Waals surface area contributed by atoms with Gasteiger partial charge in [0.05, 0.1) is 0 Å². The van der Waals surface area contributed by atoms with Crippen molar-refractivity contribution >= 4 is 23.0 Å². The average molecular weight is 486 g/mol. The molecule has 0 aliphatic heterocycles. The van der Waals surface area contributed by atoms with Crippen molar-refractivity contribution < 1.29 is 17.9 Å². The van der Waals surface area contributed by atoms with Crippen LogP contribution in [0.2, 0.25) is 0 Å². The summed E-state index contributed by atoms with van der Waals surface area (Å²) in [6.45, 7) is 0. The molecule has 36 heavy (non-hydrogen) atoms. The van der Waals surface area contributed by atoms with Gasteiger partial charge in [-0.1, -0.05) is 6.07 Å². The molecule has 5 aromatic rings. The minimum Gasteiger partial charge on any atom is -0.454 e. The van der Waals surface area contributed by atoms with E-state index in [9.17, 15) is 13.2 Å². The van der Waals surface area contributed by atoms with Crippen molar-refractivity contribution in [2.24, 2.45) is 0 Å². The van der Waals surface area contributed by atoms with E-state index in [4.69, 9.17) is 4.74 Å². The molecule has 0 saturated heterocycles. The van der Waals surface area contributed by atoms with E-state index in [1.165, 1.54) is 24.5 Å². The minimum absolute atomic E-state index is 0.0280. The van der Waals surface area contributed by atoms with E-state index >= 15 is 0 Å². The summed E-state index contributed by atoms with van der Waals surface area (Å²) >= 11 is 0. The van der Waals surface area contributed by atoms with Crippen LogP contribution in [-0.2, 0) is 0 Å². The Labute approximate surface area is 203 Å². The maximum atomic E-state index is 14.9. The molecule has 3 heterocycles. The molecule has 178 valence electrons. The number of pyridine rings is 2. The molecule has 2 aromatic carbocycles. The molecule has 10 heteroatoms. The van der Waals surface area contributed by atoms with Gasteiger partial charge in [-0.15, -0.1) is 0 Å². The zero-order valence-corrected chi connectivity index (χ0v) is 18.5. The SMILES string of the molecule is Fc1ccc(Nc2cc(Nc3ccc(Oc4ccncc4-c4cccnc4)c(F)c3)ncn2)cc1F. The normalized spacial score (nSPS) is 10.6. The number of aromatic nitrogens is 4. The quantitative estimate of drug-likeness (QED) is 0.267. The molecular formula is C26H17F3N6O. The fraction of sp³-hybridized carbons (Fsp3) is 0. The van der Waals surface area contributed by atoms with Gasteiger partial charge >= 0.3 is 0 Å². The van der Waals surface area contributed by atoms with E-state index in [0.717, 1.165) is 17.7 Å². The highest BCUT2D eigenvalue weighted by molar-refractivity contribution is 5.69. The molecular weight excluding hydrogens is 469 g/mol. The molecule has 5 rings (SSSR count). The Morgan fingerprint density at radius 2 is 1.36 bits per heavy atom. The first kappa shape index (κ1) is 22.8. The molecule has 0 aliphatic carbocycles. The van der Waals surface area contributed by atoms with Crippen LogP contribution in [0.1, 0.15) is 0 Å². The summed E-state index contributed by atoms with van der Waals surface area (Å²) in [6, 6.07) is 14.6. The van der Waals surface area contributed by atoms with E-state index in [2.05, 4.69) is 30.6 Å². The highest BCUT2D eigenvalue weighted by Crippen LogP contribution is 2.34. The second-order valence-corrected chi connectivity index (χ2v) is 7.53. The Morgan fingerprint density at radius 3 is 2.06 bits per heavy atom. The Bertz CT molecular complexity index is 1520. The van der Waals surface area contributed by atoms with E-state index in [1.807, 2.05) is 6.07 Å². The molecule has 3 aromatic heterocycles. The number of nitrogens with zero attached hydrogens (tertiary/aromatic N) is 4. The molecule has 0 unspecified atom stereocenters. The number of halogens is 3. The van der Waals surface area contributed by atoms with Gasteiger partial charge in [-0.2, -0.15) is 0 Å². The smallest absolute Gasteiger partial charge is 0.167 e. The van der Waals surface area contributed by atoms with Gasteiger partial charge in [0.15, 0.2) is 23.2 Å². The van der Waals surface area contributed by atoms with Gasteiger partial charge in [0, 0.05) is 65.5 Å². The lowest BCUT2D eigenvalue weighted by Gasteiger charge is -2.13. The molecule has 7 nitrogen and oxygen atoms in total. The summed E-state index contributed by atoms with van der Waals surface area (Å²) in [5.74, 6) is -1.37. The van der Waals surface area contributed by atoms with Crippen molar-refractivity contribution in [3.8, 4) is 22.6 Å². The minimum atomic E-state index is -0.982. The van der Waals surface area contributed by atoms with Crippen LogP contribution in [0.15, 0.2) is 91.8 Å². The maximum absolute atomic E-state index is 14.9. The molecule has 0 radical (unpaired) electrons. The highest BCUT2D eigenvalue weighted by atomic mass is 19.2. The largest absolute Gasteiger partial charge is 0.454 e. The number of anilines is 4. The number of nitrogens with one attached hydrogen (secondary N) is 2. The van der Waals surface area contributed by atoms with Gasteiger partial charge in [-0.05, 0) is 36.4 Å². The maximum Gasteiger partial charge on any atom is 0.167 e. The zero-order chi connectivity index (χ0) is 24.9. The number of ether oxygens (including phenoxy) is 1. The summed E-state index contributed by atoms with van der Waals surface area (Å²) in [7, 11) is 0. The van der Waals surface area contributed by atoms with Crippen LogP contribution in [0.3, 0.4) is 0 Å². The molecule has 0 bridgehead atoms. The number of hydrogen-bond donors (Lipinski definition) is 2. The fourth-order valence-electron chi connectivity index (χ4n) is 3.35. The lowest BCUT2D eigenvalue weighted by Crippen LogP contribution is -2.00. The van der Waals surface area contributed by atoms with Crippen molar-refractivity contribution in [3.05, 3.63) is 109 Å². The lowest BCUT2D eigenvalue weighted by molar-refractivity contribution is 0.443. The van der Waals surface area contributed by atoms with Crippen LogP contribution in [0, 0.1) is 17.5 Å². The summed E-state index contributed by atoms with van der Waals surface area (Å²) < 4.78 is 47.3. The highest BCUT2D eigenvalue weighted by Gasteiger charge is 2.12. The van der Waals surface area contributed by atoms with Gasteiger partial charge in [0.2, 0.25) is 0 Å². The van der Waals surface area contributed by atoms with Crippen molar-refractivity contribution in [2.45, 2.75) is 0 Å². The molecule has 0 saturated carbocycles. The van der Waals surface area contributed by atoms with Crippen LogP contribution < -0.4 is 15.4 Å². The van der Waals surface area contributed by atoms with E-state index in [0.29, 0.717) is 34.3 Å². The van der Waals surface area contributed by atoms with Crippen LogP contribution in [0.5, 0.6) is 11.5 Å². The van der Waals surface area contributed by atoms with Gasteiger partial charge in [0.1, 0.15) is 23.7 Å². The third-order valence-corrected chi connectivity index (χ3v) is 5.04. The zero-order valence-electron chi connectivity index (χ0n) is 18.5. The predicted octanol–water partition coefficient (Wildman–Crippen LogP) is 6.63. The Kier molecular flexibility index (Phi) is 6.39. The van der Waals surface area contributed by atoms with Crippen molar-refractivity contribution in [3.63, 3.8) is 0 Å². The molecule has 2 N–H and O–H groups in total. The molecule has 0 atom stereocenters. The molecule has 0 fully saturated rings. The summed E-state index contributed by atoms with van der Waals surface area (Å²) in [4.78, 5) is 16.4. The fourth-order valence-corrected chi connectivity index (χ4v) is 3.35. The number of hydrogen-bond acceptors (Lipinski definition) is 7. The Hall–Kier alpha value is -4.99. The first-order valence-electron chi connectivity index (χ1n) is 10.7.